The molecule has 122 valence electrons. The SMILES string of the molecule is O=Cc1csc(N2CCN(c3ccc(C(F)(F)F)cc3)CC2)n1. The van der Waals surface area contributed by atoms with Crippen LogP contribution >= 0.6 is 11.3 Å². The zero-order valence-corrected chi connectivity index (χ0v) is 12.9. The van der Waals surface area contributed by atoms with Crippen LogP contribution in [0.5, 0.6) is 0 Å². The fourth-order valence-electron chi connectivity index (χ4n) is 2.49. The van der Waals surface area contributed by atoms with Gasteiger partial charge in [0, 0.05) is 37.2 Å². The van der Waals surface area contributed by atoms with Crippen LogP contribution in [0.15, 0.2) is 29.6 Å². The molecule has 2 heterocycles. The molecule has 1 fully saturated rings. The van der Waals surface area contributed by atoms with E-state index in [-0.39, 0.29) is 0 Å². The first-order chi connectivity index (χ1) is 11.0. The quantitative estimate of drug-likeness (QED) is 0.803. The number of hydrogen-bond donors (Lipinski definition) is 0. The molecule has 0 atom stereocenters. The van der Waals surface area contributed by atoms with Gasteiger partial charge < -0.3 is 9.80 Å². The van der Waals surface area contributed by atoms with Gasteiger partial charge in [-0.05, 0) is 24.3 Å². The van der Waals surface area contributed by atoms with E-state index < -0.39 is 11.7 Å². The van der Waals surface area contributed by atoms with Gasteiger partial charge in [0.2, 0.25) is 0 Å². The molecule has 1 aliphatic heterocycles. The summed E-state index contributed by atoms with van der Waals surface area (Å²) in [6, 6.07) is 5.23. The van der Waals surface area contributed by atoms with Crippen LogP contribution in [-0.2, 0) is 6.18 Å². The van der Waals surface area contributed by atoms with Crippen molar-refractivity contribution in [2.45, 2.75) is 6.18 Å². The van der Waals surface area contributed by atoms with Gasteiger partial charge in [0.15, 0.2) is 11.4 Å². The number of rotatable bonds is 3. The van der Waals surface area contributed by atoms with Crippen LogP contribution in [0, 0.1) is 0 Å². The Balaban J connectivity index is 1.63. The Morgan fingerprint density at radius 2 is 1.65 bits per heavy atom. The van der Waals surface area contributed by atoms with E-state index in [1.54, 1.807) is 5.38 Å². The van der Waals surface area contributed by atoms with Crippen molar-refractivity contribution >= 4 is 28.4 Å². The number of carbonyl (C=O) groups excluding carboxylic acids is 1. The first kappa shape index (κ1) is 15.8. The fourth-order valence-corrected chi connectivity index (χ4v) is 3.32. The minimum absolute atomic E-state index is 0.426. The second-order valence-electron chi connectivity index (χ2n) is 5.19. The number of aldehydes is 1. The highest BCUT2D eigenvalue weighted by atomic mass is 32.1. The van der Waals surface area contributed by atoms with Crippen molar-refractivity contribution < 1.29 is 18.0 Å². The fraction of sp³-hybridized carbons (Fsp3) is 0.333. The average molecular weight is 341 g/mol. The van der Waals surface area contributed by atoms with Gasteiger partial charge in [-0.3, -0.25) is 4.79 Å². The molecule has 23 heavy (non-hydrogen) atoms. The van der Waals surface area contributed by atoms with E-state index in [1.165, 1.54) is 23.5 Å². The molecule has 0 amide bonds. The van der Waals surface area contributed by atoms with Crippen molar-refractivity contribution in [1.29, 1.82) is 0 Å². The van der Waals surface area contributed by atoms with Crippen LogP contribution in [-0.4, -0.2) is 37.4 Å². The van der Waals surface area contributed by atoms with Crippen molar-refractivity contribution in [1.82, 2.24) is 4.98 Å². The third-order valence-electron chi connectivity index (χ3n) is 3.74. The number of thiazole rings is 1. The van der Waals surface area contributed by atoms with Gasteiger partial charge in [0.1, 0.15) is 5.69 Å². The van der Waals surface area contributed by atoms with Crippen molar-refractivity contribution in [3.05, 3.63) is 40.9 Å². The van der Waals surface area contributed by atoms with E-state index in [0.29, 0.717) is 31.9 Å². The maximum Gasteiger partial charge on any atom is 0.416 e. The van der Waals surface area contributed by atoms with Crippen LogP contribution in [0.1, 0.15) is 16.1 Å². The summed E-state index contributed by atoms with van der Waals surface area (Å²) in [4.78, 5) is 19.0. The maximum absolute atomic E-state index is 12.6. The monoisotopic (exact) mass is 341 g/mol. The molecule has 1 aliphatic rings. The zero-order valence-electron chi connectivity index (χ0n) is 12.1. The van der Waals surface area contributed by atoms with E-state index in [1.807, 2.05) is 4.90 Å². The van der Waals surface area contributed by atoms with E-state index in [0.717, 1.165) is 29.2 Å². The van der Waals surface area contributed by atoms with Crippen LogP contribution < -0.4 is 9.80 Å². The largest absolute Gasteiger partial charge is 0.416 e. The minimum atomic E-state index is -4.31. The van der Waals surface area contributed by atoms with Gasteiger partial charge in [-0.2, -0.15) is 13.2 Å². The smallest absolute Gasteiger partial charge is 0.368 e. The number of alkyl halides is 3. The highest BCUT2D eigenvalue weighted by Gasteiger charge is 2.30. The molecular formula is C15H14F3N3OS. The molecule has 0 bridgehead atoms. The first-order valence-electron chi connectivity index (χ1n) is 7.05. The number of anilines is 2. The van der Waals surface area contributed by atoms with Crippen molar-refractivity contribution in [2.24, 2.45) is 0 Å². The topological polar surface area (TPSA) is 36.4 Å². The minimum Gasteiger partial charge on any atom is -0.368 e. The molecule has 1 aromatic carbocycles. The summed E-state index contributed by atoms with van der Waals surface area (Å²) in [7, 11) is 0. The average Bonchev–Trinajstić information content (AvgIpc) is 3.03. The van der Waals surface area contributed by atoms with Crippen LogP contribution in [0.2, 0.25) is 0 Å². The van der Waals surface area contributed by atoms with E-state index >= 15 is 0 Å². The number of hydrogen-bond acceptors (Lipinski definition) is 5. The van der Waals surface area contributed by atoms with Crippen molar-refractivity contribution in [3.63, 3.8) is 0 Å². The van der Waals surface area contributed by atoms with E-state index in [4.69, 9.17) is 0 Å². The van der Waals surface area contributed by atoms with Crippen molar-refractivity contribution in [3.8, 4) is 0 Å². The lowest BCUT2D eigenvalue weighted by Gasteiger charge is -2.36. The first-order valence-corrected chi connectivity index (χ1v) is 7.93. The summed E-state index contributed by atoms with van der Waals surface area (Å²) in [5.41, 5.74) is 0.574. The van der Waals surface area contributed by atoms with E-state index in [2.05, 4.69) is 9.88 Å². The lowest BCUT2D eigenvalue weighted by Crippen LogP contribution is -2.46. The summed E-state index contributed by atoms with van der Waals surface area (Å²) in [5.74, 6) is 0. The molecular weight excluding hydrogens is 327 g/mol. The third kappa shape index (κ3) is 3.47. The Hall–Kier alpha value is -2.09. The number of carbonyl (C=O) groups is 1. The second-order valence-corrected chi connectivity index (χ2v) is 6.03. The van der Waals surface area contributed by atoms with Gasteiger partial charge >= 0.3 is 6.18 Å². The Morgan fingerprint density at radius 1 is 1.04 bits per heavy atom. The predicted octanol–water partition coefficient (Wildman–Crippen LogP) is 3.30. The summed E-state index contributed by atoms with van der Waals surface area (Å²) in [6.07, 6.45) is -3.59. The van der Waals surface area contributed by atoms with E-state index in [9.17, 15) is 18.0 Å². The molecule has 0 unspecified atom stereocenters. The molecule has 0 aliphatic carbocycles. The van der Waals surface area contributed by atoms with Gasteiger partial charge in [-0.25, -0.2) is 4.98 Å². The molecule has 4 nitrogen and oxygen atoms in total. The predicted molar refractivity (Wildman–Crippen MR) is 83.4 cm³/mol. The van der Waals surface area contributed by atoms with Crippen LogP contribution in [0.4, 0.5) is 24.0 Å². The number of halogens is 3. The molecule has 1 aromatic heterocycles. The second kappa shape index (κ2) is 6.19. The summed E-state index contributed by atoms with van der Waals surface area (Å²) in [5, 5.41) is 2.52. The normalized spacial score (nSPS) is 15.8. The third-order valence-corrected chi connectivity index (χ3v) is 4.66. The Bertz CT molecular complexity index is 676. The number of piperazine rings is 1. The Kier molecular flexibility index (Phi) is 4.25. The van der Waals surface area contributed by atoms with Crippen LogP contribution in [0.25, 0.3) is 0 Å². The summed E-state index contributed by atoms with van der Waals surface area (Å²) in [6.45, 7) is 2.82. The number of benzene rings is 1. The Morgan fingerprint density at radius 3 is 2.17 bits per heavy atom. The lowest BCUT2D eigenvalue weighted by molar-refractivity contribution is -0.137. The molecule has 0 spiro atoms. The van der Waals surface area contributed by atoms with Gasteiger partial charge in [0.25, 0.3) is 0 Å². The molecule has 0 N–H and O–H groups in total. The highest BCUT2D eigenvalue weighted by molar-refractivity contribution is 7.13. The van der Waals surface area contributed by atoms with Gasteiger partial charge in [-0.1, -0.05) is 0 Å². The zero-order chi connectivity index (χ0) is 16.4. The molecule has 3 rings (SSSR count). The Labute approximate surface area is 135 Å². The molecule has 1 saturated heterocycles. The maximum atomic E-state index is 12.6. The van der Waals surface area contributed by atoms with Crippen molar-refractivity contribution in [2.75, 3.05) is 36.0 Å². The van der Waals surface area contributed by atoms with Gasteiger partial charge in [0.05, 0.1) is 5.56 Å². The molecule has 8 heteroatoms. The highest BCUT2D eigenvalue weighted by Crippen LogP contribution is 2.31. The lowest BCUT2D eigenvalue weighted by atomic mass is 10.1. The van der Waals surface area contributed by atoms with Crippen LogP contribution in [0.3, 0.4) is 0 Å². The number of aromatic nitrogens is 1. The molecule has 0 radical (unpaired) electrons. The molecule has 2 aromatic rings. The standard InChI is InChI=1S/C15H14F3N3OS/c16-15(17,18)11-1-3-13(4-2-11)20-5-7-21(8-6-20)14-19-12(9-22)10-23-14/h1-4,9-10H,5-8H2. The van der Waals surface area contributed by atoms with Gasteiger partial charge in [-0.15, -0.1) is 11.3 Å². The summed E-state index contributed by atoms with van der Waals surface area (Å²) >= 11 is 1.42. The summed E-state index contributed by atoms with van der Waals surface area (Å²) < 4.78 is 37.7. The number of nitrogens with zero attached hydrogens (tertiary/aromatic N) is 3. The molecule has 0 saturated carbocycles.